The van der Waals surface area contributed by atoms with Crippen molar-refractivity contribution in [2.24, 2.45) is 0 Å². The lowest BCUT2D eigenvalue weighted by molar-refractivity contribution is -0.147. The average Bonchev–Trinajstić information content (AvgIpc) is 3.07. The molecular formula is C18H23NO6S. The third-order valence-corrected chi connectivity index (χ3v) is 6.26. The fraction of sp³-hybridized carbons (Fsp3) is 0.444. The highest BCUT2D eigenvalue weighted by molar-refractivity contribution is 7.89. The molecule has 1 fully saturated rings. The number of hydrogen-bond donors (Lipinski definition) is 0. The van der Waals surface area contributed by atoms with E-state index in [4.69, 9.17) is 4.74 Å². The highest BCUT2D eigenvalue weighted by atomic mass is 32.2. The Morgan fingerprint density at radius 1 is 1.19 bits per heavy atom. The standard InChI is InChI=1S/C18H23NO6S/c1-5-25-18(21)16-11-10-15(13(3)17(20)24-4)19(16)26(22,23)14-8-6-12(2)7-9-14/h6-9,15-16H,3,5,10-11H2,1-2,4H3/t15-,16+/m1/s1. The number of hydrogen-bond acceptors (Lipinski definition) is 6. The molecule has 0 aromatic heterocycles. The molecule has 1 aliphatic heterocycles. The number of sulfonamides is 1. The largest absolute Gasteiger partial charge is 0.466 e. The average molecular weight is 381 g/mol. The monoisotopic (exact) mass is 381 g/mol. The highest BCUT2D eigenvalue weighted by Crippen LogP contribution is 2.35. The summed E-state index contributed by atoms with van der Waals surface area (Å²) < 4.78 is 37.2. The molecule has 7 nitrogen and oxygen atoms in total. The second kappa shape index (κ2) is 8.01. The molecule has 0 amide bonds. The number of carbonyl (C=O) groups excluding carboxylic acids is 2. The molecule has 0 spiro atoms. The van der Waals surface area contributed by atoms with Crippen LogP contribution in [0, 0.1) is 6.92 Å². The van der Waals surface area contributed by atoms with Gasteiger partial charge in [0, 0.05) is 5.57 Å². The predicted molar refractivity (Wildman–Crippen MR) is 94.8 cm³/mol. The fourth-order valence-electron chi connectivity index (χ4n) is 3.01. The van der Waals surface area contributed by atoms with E-state index in [1.54, 1.807) is 19.1 Å². The van der Waals surface area contributed by atoms with Gasteiger partial charge in [0.15, 0.2) is 0 Å². The Labute approximate surface area is 153 Å². The summed E-state index contributed by atoms with van der Waals surface area (Å²) in [6, 6.07) is 4.43. The molecule has 0 bridgehead atoms. The molecule has 1 aliphatic rings. The van der Waals surface area contributed by atoms with Crippen molar-refractivity contribution < 1.29 is 27.5 Å². The maximum Gasteiger partial charge on any atom is 0.334 e. The second-order valence-electron chi connectivity index (χ2n) is 6.03. The molecule has 0 unspecified atom stereocenters. The number of carbonyl (C=O) groups is 2. The van der Waals surface area contributed by atoms with Crippen LogP contribution in [-0.2, 0) is 29.1 Å². The van der Waals surface area contributed by atoms with Crippen LogP contribution in [0.1, 0.15) is 25.3 Å². The summed E-state index contributed by atoms with van der Waals surface area (Å²) >= 11 is 0. The van der Waals surface area contributed by atoms with Gasteiger partial charge in [0.25, 0.3) is 0 Å². The van der Waals surface area contributed by atoms with Crippen molar-refractivity contribution in [3.8, 4) is 0 Å². The molecular weight excluding hydrogens is 358 g/mol. The zero-order chi connectivity index (χ0) is 19.5. The van der Waals surface area contributed by atoms with Gasteiger partial charge < -0.3 is 9.47 Å². The lowest BCUT2D eigenvalue weighted by Gasteiger charge is -2.28. The molecule has 1 aromatic carbocycles. The number of aryl methyl sites for hydroxylation is 1. The molecule has 0 N–H and O–H groups in total. The van der Waals surface area contributed by atoms with Crippen LogP contribution in [0.4, 0.5) is 0 Å². The van der Waals surface area contributed by atoms with Crippen molar-refractivity contribution in [1.82, 2.24) is 4.31 Å². The fourth-order valence-corrected chi connectivity index (χ4v) is 4.83. The van der Waals surface area contributed by atoms with Crippen LogP contribution in [0.3, 0.4) is 0 Å². The zero-order valence-electron chi connectivity index (χ0n) is 15.1. The van der Waals surface area contributed by atoms with Gasteiger partial charge in [0.05, 0.1) is 24.7 Å². The molecule has 0 saturated carbocycles. The summed E-state index contributed by atoms with van der Waals surface area (Å²) in [6.07, 6.45) is 0.521. The molecule has 1 heterocycles. The molecule has 26 heavy (non-hydrogen) atoms. The zero-order valence-corrected chi connectivity index (χ0v) is 15.9. The molecule has 0 radical (unpaired) electrons. The SMILES string of the molecule is C=C(C(=O)OC)[C@H]1CC[C@@H](C(=O)OCC)N1S(=O)(=O)c1ccc(C)cc1. The minimum atomic E-state index is -4.04. The number of nitrogens with zero attached hydrogens (tertiary/aromatic N) is 1. The highest BCUT2D eigenvalue weighted by Gasteiger charge is 2.48. The van der Waals surface area contributed by atoms with E-state index in [1.165, 1.54) is 19.2 Å². The molecule has 1 aromatic rings. The number of esters is 2. The number of benzene rings is 1. The molecule has 2 rings (SSSR count). The number of ether oxygens (including phenoxy) is 2. The van der Waals surface area contributed by atoms with Gasteiger partial charge in [-0.3, -0.25) is 4.79 Å². The summed E-state index contributed by atoms with van der Waals surface area (Å²) in [5.41, 5.74) is 0.901. The summed E-state index contributed by atoms with van der Waals surface area (Å²) in [4.78, 5) is 24.3. The van der Waals surface area contributed by atoms with E-state index in [0.717, 1.165) is 9.87 Å². The van der Waals surface area contributed by atoms with Crippen LogP contribution >= 0.6 is 0 Å². The van der Waals surface area contributed by atoms with Crippen molar-refractivity contribution in [2.75, 3.05) is 13.7 Å². The van der Waals surface area contributed by atoms with Crippen LogP contribution in [-0.4, -0.2) is 50.5 Å². The van der Waals surface area contributed by atoms with Gasteiger partial charge in [-0.05, 0) is 38.8 Å². The van der Waals surface area contributed by atoms with Crippen molar-refractivity contribution in [3.63, 3.8) is 0 Å². The van der Waals surface area contributed by atoms with E-state index in [2.05, 4.69) is 11.3 Å². The van der Waals surface area contributed by atoms with Crippen molar-refractivity contribution in [2.45, 2.75) is 43.7 Å². The third kappa shape index (κ3) is 3.81. The Morgan fingerprint density at radius 2 is 1.77 bits per heavy atom. The summed E-state index contributed by atoms with van der Waals surface area (Å²) in [6.45, 7) is 7.31. The Bertz CT molecular complexity index is 799. The van der Waals surface area contributed by atoms with E-state index in [1.807, 2.05) is 6.92 Å². The first-order valence-corrected chi connectivity index (χ1v) is 9.72. The maximum atomic E-state index is 13.2. The van der Waals surface area contributed by atoms with Crippen LogP contribution in [0.25, 0.3) is 0 Å². The second-order valence-corrected chi connectivity index (χ2v) is 7.87. The molecule has 142 valence electrons. The molecule has 8 heteroatoms. The van der Waals surface area contributed by atoms with E-state index >= 15 is 0 Å². The molecule has 1 saturated heterocycles. The van der Waals surface area contributed by atoms with Gasteiger partial charge in [0.1, 0.15) is 6.04 Å². The van der Waals surface area contributed by atoms with Gasteiger partial charge >= 0.3 is 11.9 Å². The Balaban J connectivity index is 2.49. The van der Waals surface area contributed by atoms with Gasteiger partial charge in [0.2, 0.25) is 10.0 Å². The first-order chi connectivity index (χ1) is 12.2. The number of methoxy groups -OCH3 is 1. The third-order valence-electron chi connectivity index (χ3n) is 4.33. The van der Waals surface area contributed by atoms with Gasteiger partial charge in [-0.25, -0.2) is 13.2 Å². The predicted octanol–water partition coefficient (Wildman–Crippen LogP) is 1.81. The van der Waals surface area contributed by atoms with E-state index in [9.17, 15) is 18.0 Å². The van der Waals surface area contributed by atoms with Gasteiger partial charge in [-0.15, -0.1) is 0 Å². The van der Waals surface area contributed by atoms with E-state index in [0.29, 0.717) is 0 Å². The number of rotatable bonds is 6. The van der Waals surface area contributed by atoms with Crippen molar-refractivity contribution >= 4 is 22.0 Å². The topological polar surface area (TPSA) is 90.0 Å². The Morgan fingerprint density at radius 3 is 2.31 bits per heavy atom. The normalized spacial score (nSPS) is 20.6. The van der Waals surface area contributed by atoms with Crippen LogP contribution in [0.15, 0.2) is 41.3 Å². The Hall–Kier alpha value is -2.19. The van der Waals surface area contributed by atoms with E-state index in [-0.39, 0.29) is 29.9 Å². The van der Waals surface area contributed by atoms with Gasteiger partial charge in [-0.2, -0.15) is 4.31 Å². The summed E-state index contributed by atoms with van der Waals surface area (Å²) in [5.74, 6) is -1.34. The quantitative estimate of drug-likeness (QED) is 0.551. The van der Waals surface area contributed by atoms with Crippen LogP contribution in [0.2, 0.25) is 0 Å². The van der Waals surface area contributed by atoms with Gasteiger partial charge in [-0.1, -0.05) is 24.3 Å². The molecule has 0 aliphatic carbocycles. The molecule has 2 atom stereocenters. The lowest BCUT2D eigenvalue weighted by Crippen LogP contribution is -2.46. The van der Waals surface area contributed by atoms with Crippen molar-refractivity contribution in [3.05, 3.63) is 42.0 Å². The van der Waals surface area contributed by atoms with Crippen molar-refractivity contribution in [1.29, 1.82) is 0 Å². The smallest absolute Gasteiger partial charge is 0.334 e. The minimum Gasteiger partial charge on any atom is -0.466 e. The summed E-state index contributed by atoms with van der Waals surface area (Å²) in [7, 11) is -2.84. The lowest BCUT2D eigenvalue weighted by atomic mass is 10.1. The minimum absolute atomic E-state index is 0.00464. The summed E-state index contributed by atoms with van der Waals surface area (Å²) in [5, 5.41) is 0. The van der Waals surface area contributed by atoms with Crippen LogP contribution in [0.5, 0.6) is 0 Å². The first kappa shape index (κ1) is 20.1. The maximum absolute atomic E-state index is 13.2. The van der Waals surface area contributed by atoms with Crippen LogP contribution < -0.4 is 0 Å². The first-order valence-electron chi connectivity index (χ1n) is 8.28. The Kier molecular flexibility index (Phi) is 6.20. The van der Waals surface area contributed by atoms with E-state index < -0.39 is 34.0 Å².